The van der Waals surface area contributed by atoms with Crippen LogP contribution in [0, 0.1) is 18.3 Å². The Bertz CT molecular complexity index is 977. The maximum absolute atomic E-state index is 9.53. The summed E-state index contributed by atoms with van der Waals surface area (Å²) in [7, 11) is 3.99. The lowest BCUT2D eigenvalue weighted by molar-refractivity contribution is 1.12. The molecule has 0 aliphatic rings. The van der Waals surface area contributed by atoms with Crippen LogP contribution < -0.4 is 4.90 Å². The van der Waals surface area contributed by atoms with E-state index in [9.17, 15) is 5.26 Å². The van der Waals surface area contributed by atoms with Gasteiger partial charge in [-0.3, -0.25) is 0 Å². The molecule has 0 saturated heterocycles. The van der Waals surface area contributed by atoms with E-state index in [1.165, 1.54) is 0 Å². The second-order valence-corrected chi connectivity index (χ2v) is 6.74. The molecule has 3 aromatic rings. The van der Waals surface area contributed by atoms with Crippen molar-refractivity contribution in [1.82, 2.24) is 9.97 Å². The zero-order chi connectivity index (χ0) is 17.3. The minimum atomic E-state index is 0.508. The van der Waals surface area contributed by atoms with Gasteiger partial charge in [0.2, 0.25) is 0 Å². The number of halogens is 1. The van der Waals surface area contributed by atoms with Gasteiger partial charge in [-0.2, -0.15) is 5.26 Å². The monoisotopic (exact) mass is 380 g/mol. The number of hydrogen-bond donors (Lipinski definition) is 1. The molecule has 3 rings (SSSR count). The van der Waals surface area contributed by atoms with E-state index in [1.54, 1.807) is 0 Å². The maximum atomic E-state index is 9.53. The van der Waals surface area contributed by atoms with Gasteiger partial charge >= 0.3 is 0 Å². The number of hydrogen-bond acceptors (Lipinski definition) is 3. The molecule has 120 valence electrons. The molecule has 0 aliphatic heterocycles. The Morgan fingerprint density at radius 2 is 2.04 bits per heavy atom. The van der Waals surface area contributed by atoms with Crippen molar-refractivity contribution in [2.75, 3.05) is 19.0 Å². The van der Waals surface area contributed by atoms with Crippen molar-refractivity contribution >= 4 is 44.3 Å². The average Bonchev–Trinajstić information content (AvgIpc) is 2.95. The Kier molecular flexibility index (Phi) is 4.41. The molecule has 1 heterocycles. The summed E-state index contributed by atoms with van der Waals surface area (Å²) in [6.45, 7) is 2.03. The minimum absolute atomic E-state index is 0.508. The number of aryl methyl sites for hydroxylation is 1. The molecule has 0 aliphatic carbocycles. The average molecular weight is 381 g/mol. The number of nitriles is 1. The van der Waals surface area contributed by atoms with Crippen LogP contribution in [0.5, 0.6) is 0 Å². The van der Waals surface area contributed by atoms with E-state index < -0.39 is 0 Å². The van der Waals surface area contributed by atoms with Crippen LogP contribution in [0.25, 0.3) is 22.7 Å². The second-order valence-electron chi connectivity index (χ2n) is 5.88. The Balaban J connectivity index is 2.02. The van der Waals surface area contributed by atoms with E-state index in [1.807, 2.05) is 68.4 Å². The molecular formula is C19H17BrN4. The quantitative estimate of drug-likeness (QED) is 0.666. The van der Waals surface area contributed by atoms with Gasteiger partial charge in [0.25, 0.3) is 0 Å². The van der Waals surface area contributed by atoms with Crippen LogP contribution >= 0.6 is 15.9 Å². The third kappa shape index (κ3) is 3.19. The summed E-state index contributed by atoms with van der Waals surface area (Å²) < 4.78 is 0.985. The number of allylic oxidation sites excluding steroid dienone is 1. The number of nitrogens with zero attached hydrogens (tertiary/aromatic N) is 3. The fourth-order valence-corrected chi connectivity index (χ4v) is 3.30. The number of aromatic nitrogens is 2. The van der Waals surface area contributed by atoms with Crippen molar-refractivity contribution in [1.29, 1.82) is 5.26 Å². The SMILES string of the molecule is Cc1ccc2nc(C(C#N)=Cc3ccc(N(C)C)c(Br)c3)[nH]c2c1. The number of fused-ring (bicyclic) bond motifs is 1. The van der Waals surface area contributed by atoms with E-state index in [0.29, 0.717) is 11.4 Å². The highest BCUT2D eigenvalue weighted by molar-refractivity contribution is 9.10. The minimum Gasteiger partial charge on any atom is -0.377 e. The first kappa shape index (κ1) is 16.3. The molecule has 24 heavy (non-hydrogen) atoms. The maximum Gasteiger partial charge on any atom is 0.149 e. The highest BCUT2D eigenvalue weighted by Gasteiger charge is 2.09. The van der Waals surface area contributed by atoms with Crippen molar-refractivity contribution in [3.63, 3.8) is 0 Å². The Morgan fingerprint density at radius 3 is 2.71 bits per heavy atom. The van der Waals surface area contributed by atoms with Crippen LogP contribution in [0.1, 0.15) is 17.0 Å². The summed E-state index contributed by atoms with van der Waals surface area (Å²) >= 11 is 3.57. The van der Waals surface area contributed by atoms with Crippen molar-refractivity contribution in [3.8, 4) is 6.07 Å². The third-order valence-corrected chi connectivity index (χ3v) is 4.41. The first-order valence-corrected chi connectivity index (χ1v) is 8.32. The largest absolute Gasteiger partial charge is 0.377 e. The van der Waals surface area contributed by atoms with Gasteiger partial charge in [0.15, 0.2) is 0 Å². The summed E-state index contributed by atoms with van der Waals surface area (Å²) in [6, 6.07) is 14.3. The number of imidazole rings is 1. The van der Waals surface area contributed by atoms with Crippen LogP contribution in [0.2, 0.25) is 0 Å². The Hall–Kier alpha value is -2.58. The van der Waals surface area contributed by atoms with E-state index >= 15 is 0 Å². The molecule has 0 bridgehead atoms. The summed E-state index contributed by atoms with van der Waals surface area (Å²) in [6.07, 6.45) is 1.84. The molecule has 0 radical (unpaired) electrons. The zero-order valence-corrected chi connectivity index (χ0v) is 15.3. The lowest BCUT2D eigenvalue weighted by atomic mass is 10.1. The smallest absolute Gasteiger partial charge is 0.149 e. The van der Waals surface area contributed by atoms with Crippen LogP contribution in [-0.2, 0) is 0 Å². The molecule has 1 aromatic heterocycles. The predicted octanol–water partition coefficient (Wildman–Crippen LogP) is 4.76. The van der Waals surface area contributed by atoms with Gasteiger partial charge in [-0.25, -0.2) is 4.98 Å². The normalized spacial score (nSPS) is 11.5. The molecule has 0 saturated carbocycles. The highest BCUT2D eigenvalue weighted by Crippen LogP contribution is 2.27. The molecule has 5 heteroatoms. The summed E-state index contributed by atoms with van der Waals surface area (Å²) in [5.41, 5.74) is 5.50. The second kappa shape index (κ2) is 6.50. The van der Waals surface area contributed by atoms with Crippen LogP contribution in [0.4, 0.5) is 5.69 Å². The number of H-pyrrole nitrogens is 1. The van der Waals surface area contributed by atoms with Crippen molar-refractivity contribution in [2.24, 2.45) is 0 Å². The molecule has 4 nitrogen and oxygen atoms in total. The third-order valence-electron chi connectivity index (χ3n) is 3.78. The van der Waals surface area contributed by atoms with Gasteiger partial charge < -0.3 is 9.88 Å². The van der Waals surface area contributed by atoms with Crippen LogP contribution in [0.3, 0.4) is 0 Å². The predicted molar refractivity (Wildman–Crippen MR) is 103 cm³/mol. The molecule has 2 aromatic carbocycles. The molecule has 0 atom stereocenters. The topological polar surface area (TPSA) is 55.7 Å². The lowest BCUT2D eigenvalue weighted by Crippen LogP contribution is -2.09. The molecule has 0 spiro atoms. The molecule has 1 N–H and O–H groups in total. The van der Waals surface area contributed by atoms with Gasteiger partial charge in [0.05, 0.1) is 22.3 Å². The van der Waals surface area contributed by atoms with E-state index in [0.717, 1.165) is 32.3 Å². The van der Waals surface area contributed by atoms with Gasteiger partial charge in [-0.05, 0) is 64.3 Å². The van der Waals surface area contributed by atoms with Gasteiger partial charge in [-0.1, -0.05) is 12.1 Å². The lowest BCUT2D eigenvalue weighted by Gasteiger charge is -2.14. The van der Waals surface area contributed by atoms with Crippen LogP contribution in [-0.4, -0.2) is 24.1 Å². The Morgan fingerprint density at radius 1 is 1.25 bits per heavy atom. The highest BCUT2D eigenvalue weighted by atomic mass is 79.9. The fraction of sp³-hybridized carbons (Fsp3) is 0.158. The zero-order valence-electron chi connectivity index (χ0n) is 13.8. The first-order chi connectivity index (χ1) is 11.5. The summed E-state index contributed by atoms with van der Waals surface area (Å²) in [5, 5.41) is 9.53. The van der Waals surface area contributed by atoms with Crippen molar-refractivity contribution in [3.05, 3.63) is 57.8 Å². The van der Waals surface area contributed by atoms with E-state index in [4.69, 9.17) is 0 Å². The van der Waals surface area contributed by atoms with E-state index in [2.05, 4.69) is 32.0 Å². The standard InChI is InChI=1S/C19H17BrN4/c1-12-4-6-16-17(8-12)23-19(22-16)14(11-21)9-13-5-7-18(24(2)3)15(20)10-13/h4-10H,1-3H3,(H,22,23). The van der Waals surface area contributed by atoms with Gasteiger partial charge in [-0.15, -0.1) is 0 Å². The Labute approximate surface area is 149 Å². The molecular weight excluding hydrogens is 364 g/mol. The molecule has 0 amide bonds. The number of nitrogens with one attached hydrogen (secondary N) is 1. The van der Waals surface area contributed by atoms with Crippen LogP contribution in [0.15, 0.2) is 40.9 Å². The van der Waals surface area contributed by atoms with Gasteiger partial charge in [0.1, 0.15) is 11.9 Å². The van der Waals surface area contributed by atoms with E-state index in [-0.39, 0.29) is 0 Å². The number of anilines is 1. The number of rotatable bonds is 3. The van der Waals surface area contributed by atoms with Crippen molar-refractivity contribution < 1.29 is 0 Å². The molecule has 0 fully saturated rings. The summed E-state index contributed by atoms with van der Waals surface area (Å²) in [5.74, 6) is 0.589. The van der Waals surface area contributed by atoms with Crippen molar-refractivity contribution in [2.45, 2.75) is 6.92 Å². The fourth-order valence-electron chi connectivity index (χ4n) is 2.55. The number of benzene rings is 2. The molecule has 0 unspecified atom stereocenters. The van der Waals surface area contributed by atoms with Gasteiger partial charge in [0, 0.05) is 18.6 Å². The summed E-state index contributed by atoms with van der Waals surface area (Å²) in [4.78, 5) is 9.79. The first-order valence-electron chi connectivity index (χ1n) is 7.53. The number of aromatic amines is 1.